The van der Waals surface area contributed by atoms with E-state index in [-0.39, 0.29) is 6.42 Å². The number of nitrogens with one attached hydrogen (secondary N) is 1. The van der Waals surface area contributed by atoms with E-state index in [4.69, 9.17) is 5.11 Å². The molecule has 1 aromatic carbocycles. The molecule has 0 unspecified atom stereocenters. The number of carboxylic acids is 1. The van der Waals surface area contributed by atoms with Gasteiger partial charge in [0.15, 0.2) is 0 Å². The number of carbonyl (C=O) groups excluding carboxylic acids is 1. The van der Waals surface area contributed by atoms with Gasteiger partial charge in [-0.2, -0.15) is 0 Å². The van der Waals surface area contributed by atoms with Crippen LogP contribution in [0.5, 0.6) is 0 Å². The van der Waals surface area contributed by atoms with Gasteiger partial charge in [-0.25, -0.2) is 0 Å². The van der Waals surface area contributed by atoms with Crippen LogP contribution in [0.25, 0.3) is 0 Å². The third-order valence-corrected chi connectivity index (χ3v) is 3.87. The quantitative estimate of drug-likeness (QED) is 0.802. The van der Waals surface area contributed by atoms with Gasteiger partial charge in [0.2, 0.25) is 6.41 Å². The highest BCUT2D eigenvalue weighted by molar-refractivity contribution is 9.13. The molecule has 1 amide bonds. The lowest BCUT2D eigenvalue weighted by atomic mass is 10.0. The molecule has 0 aliphatic rings. The summed E-state index contributed by atoms with van der Waals surface area (Å²) in [5.41, 5.74) is 0.740. The highest BCUT2D eigenvalue weighted by atomic mass is 79.9. The van der Waals surface area contributed by atoms with E-state index < -0.39 is 12.0 Å². The molecule has 4 nitrogen and oxygen atoms in total. The zero-order chi connectivity index (χ0) is 12.1. The van der Waals surface area contributed by atoms with Crippen molar-refractivity contribution in [2.45, 2.75) is 12.5 Å². The predicted molar refractivity (Wildman–Crippen MR) is 66.0 cm³/mol. The van der Waals surface area contributed by atoms with E-state index in [1.54, 1.807) is 18.2 Å². The molecule has 1 atom stereocenters. The number of hydrogen-bond acceptors (Lipinski definition) is 2. The van der Waals surface area contributed by atoms with Crippen LogP contribution in [0.3, 0.4) is 0 Å². The lowest BCUT2D eigenvalue weighted by molar-refractivity contribution is -0.137. The molecule has 1 rings (SSSR count). The number of halogens is 2. The second-order valence-corrected chi connectivity index (χ2v) is 4.82. The molecule has 1 aromatic rings. The molecular formula is C10H9Br2NO3. The fraction of sp³-hybridized carbons (Fsp3) is 0.200. The molecule has 16 heavy (non-hydrogen) atoms. The van der Waals surface area contributed by atoms with Crippen LogP contribution in [0.2, 0.25) is 0 Å². The summed E-state index contributed by atoms with van der Waals surface area (Å²) in [6, 6.07) is 4.81. The summed E-state index contributed by atoms with van der Waals surface area (Å²) < 4.78 is 1.68. The molecule has 0 aromatic heterocycles. The van der Waals surface area contributed by atoms with Crippen molar-refractivity contribution >= 4 is 44.2 Å². The number of carboxylic acid groups (broad SMARTS) is 1. The molecule has 0 bridgehead atoms. The minimum absolute atomic E-state index is 0.146. The molecule has 0 radical (unpaired) electrons. The first-order valence-corrected chi connectivity index (χ1v) is 5.99. The summed E-state index contributed by atoms with van der Waals surface area (Å²) in [4.78, 5) is 21.0. The fourth-order valence-electron chi connectivity index (χ4n) is 1.26. The molecule has 0 spiro atoms. The third-order valence-electron chi connectivity index (χ3n) is 1.99. The molecular weight excluding hydrogens is 342 g/mol. The Labute approximate surface area is 109 Å². The Morgan fingerprint density at radius 3 is 2.62 bits per heavy atom. The number of amides is 1. The van der Waals surface area contributed by atoms with Gasteiger partial charge in [-0.15, -0.1) is 0 Å². The molecule has 0 heterocycles. The van der Waals surface area contributed by atoms with Gasteiger partial charge in [0.05, 0.1) is 12.5 Å². The summed E-state index contributed by atoms with van der Waals surface area (Å²) in [6.45, 7) is 0. The maximum Gasteiger partial charge on any atom is 0.305 e. The van der Waals surface area contributed by atoms with E-state index in [9.17, 15) is 9.59 Å². The fourth-order valence-corrected chi connectivity index (χ4v) is 1.90. The standard InChI is InChI=1S/C10H9Br2NO3/c11-7-2-1-6(3-8(7)12)9(13-5-14)4-10(15)16/h1-3,5,9H,4H2,(H,13,14)(H,15,16)/t9-/m0/s1. The van der Waals surface area contributed by atoms with Crippen molar-refractivity contribution in [3.8, 4) is 0 Å². The number of rotatable bonds is 5. The number of aliphatic carboxylic acids is 1. The van der Waals surface area contributed by atoms with Gasteiger partial charge < -0.3 is 10.4 Å². The zero-order valence-corrected chi connectivity index (χ0v) is 11.3. The zero-order valence-electron chi connectivity index (χ0n) is 8.11. The maximum absolute atomic E-state index is 10.6. The third kappa shape index (κ3) is 3.61. The molecule has 0 fully saturated rings. The van der Waals surface area contributed by atoms with Crippen LogP contribution >= 0.6 is 31.9 Å². The van der Waals surface area contributed by atoms with Crippen LogP contribution in [0.4, 0.5) is 0 Å². The average molecular weight is 351 g/mol. The lowest BCUT2D eigenvalue weighted by Crippen LogP contribution is -2.22. The van der Waals surface area contributed by atoms with E-state index in [0.29, 0.717) is 6.41 Å². The van der Waals surface area contributed by atoms with Crippen molar-refractivity contribution in [3.63, 3.8) is 0 Å². The Kier molecular flexibility index (Phi) is 4.95. The number of carbonyl (C=O) groups is 2. The van der Waals surface area contributed by atoms with Crippen molar-refractivity contribution in [2.24, 2.45) is 0 Å². The Morgan fingerprint density at radius 1 is 1.44 bits per heavy atom. The molecule has 0 aliphatic carbocycles. The smallest absolute Gasteiger partial charge is 0.305 e. The highest BCUT2D eigenvalue weighted by Crippen LogP contribution is 2.27. The van der Waals surface area contributed by atoms with Crippen molar-refractivity contribution in [1.29, 1.82) is 0 Å². The minimum Gasteiger partial charge on any atom is -0.481 e. The van der Waals surface area contributed by atoms with Gasteiger partial charge >= 0.3 is 5.97 Å². The Balaban J connectivity index is 2.95. The molecule has 2 N–H and O–H groups in total. The second-order valence-electron chi connectivity index (χ2n) is 3.11. The highest BCUT2D eigenvalue weighted by Gasteiger charge is 2.15. The number of benzene rings is 1. The minimum atomic E-state index is -0.960. The van der Waals surface area contributed by atoms with Gasteiger partial charge in [-0.05, 0) is 49.6 Å². The van der Waals surface area contributed by atoms with Crippen LogP contribution < -0.4 is 5.32 Å². The monoisotopic (exact) mass is 349 g/mol. The lowest BCUT2D eigenvalue weighted by Gasteiger charge is -2.14. The van der Waals surface area contributed by atoms with Crippen LogP contribution in [0.1, 0.15) is 18.0 Å². The van der Waals surface area contributed by atoms with E-state index >= 15 is 0 Å². The van der Waals surface area contributed by atoms with Crippen molar-refractivity contribution < 1.29 is 14.7 Å². The summed E-state index contributed by atoms with van der Waals surface area (Å²) >= 11 is 6.64. The maximum atomic E-state index is 10.6. The first-order valence-electron chi connectivity index (χ1n) is 4.41. The molecule has 0 saturated carbocycles. The summed E-state index contributed by atoms with van der Waals surface area (Å²) in [5.74, 6) is -0.960. The van der Waals surface area contributed by atoms with E-state index in [0.717, 1.165) is 14.5 Å². The second kappa shape index (κ2) is 6.00. The van der Waals surface area contributed by atoms with E-state index in [1.807, 2.05) is 0 Å². The first-order chi connectivity index (χ1) is 7.54. The predicted octanol–water partition coefficient (Wildman–Crippen LogP) is 2.47. The van der Waals surface area contributed by atoms with Crippen LogP contribution in [0.15, 0.2) is 27.1 Å². The van der Waals surface area contributed by atoms with Crippen LogP contribution in [-0.2, 0) is 9.59 Å². The normalized spacial score (nSPS) is 11.9. The first kappa shape index (κ1) is 13.2. The van der Waals surface area contributed by atoms with Gasteiger partial charge in [-0.3, -0.25) is 9.59 Å². The number of hydrogen-bond donors (Lipinski definition) is 2. The summed E-state index contributed by atoms with van der Waals surface area (Å²) in [5, 5.41) is 11.2. The van der Waals surface area contributed by atoms with E-state index in [2.05, 4.69) is 37.2 Å². The van der Waals surface area contributed by atoms with Crippen LogP contribution in [0, 0.1) is 0 Å². The van der Waals surface area contributed by atoms with Gasteiger partial charge in [0.1, 0.15) is 0 Å². The average Bonchev–Trinajstić information content (AvgIpc) is 2.21. The topological polar surface area (TPSA) is 66.4 Å². The largest absolute Gasteiger partial charge is 0.481 e. The molecule has 0 saturated heterocycles. The van der Waals surface area contributed by atoms with Gasteiger partial charge in [0.25, 0.3) is 0 Å². The Morgan fingerprint density at radius 2 is 2.12 bits per heavy atom. The Hall–Kier alpha value is -0.880. The molecule has 0 aliphatic heterocycles. The van der Waals surface area contributed by atoms with E-state index in [1.165, 1.54) is 0 Å². The van der Waals surface area contributed by atoms with Crippen molar-refractivity contribution in [1.82, 2.24) is 5.32 Å². The van der Waals surface area contributed by atoms with Crippen molar-refractivity contribution in [3.05, 3.63) is 32.7 Å². The van der Waals surface area contributed by atoms with Crippen molar-refractivity contribution in [2.75, 3.05) is 0 Å². The SMILES string of the molecule is O=CN[C@@H](CC(=O)O)c1ccc(Br)c(Br)c1. The summed E-state index contributed by atoms with van der Waals surface area (Å²) in [6.07, 6.45) is 0.358. The Bertz CT molecular complexity index is 409. The van der Waals surface area contributed by atoms with Crippen LogP contribution in [-0.4, -0.2) is 17.5 Å². The van der Waals surface area contributed by atoms with Gasteiger partial charge in [0, 0.05) is 8.95 Å². The molecule has 86 valence electrons. The van der Waals surface area contributed by atoms with Gasteiger partial charge in [-0.1, -0.05) is 6.07 Å². The summed E-state index contributed by atoms with van der Waals surface area (Å²) in [7, 11) is 0. The molecule has 6 heteroatoms.